The Morgan fingerprint density at radius 1 is 1.08 bits per heavy atom. The smallest absolute Gasteiger partial charge is 0.379 e. The first-order chi connectivity index (χ1) is 11.5. The highest BCUT2D eigenvalue weighted by molar-refractivity contribution is 5.96. The molecule has 0 saturated heterocycles. The van der Waals surface area contributed by atoms with Crippen molar-refractivity contribution in [1.82, 2.24) is 10.1 Å². The fourth-order valence-electron chi connectivity index (χ4n) is 2.84. The Balaban J connectivity index is 1.85. The number of ketones is 1. The predicted molar refractivity (Wildman–Crippen MR) is 81.2 cm³/mol. The average Bonchev–Trinajstić information content (AvgIpc) is 3.05. The Bertz CT molecular complexity index is 589. The summed E-state index contributed by atoms with van der Waals surface area (Å²) in [7, 11) is 0. The van der Waals surface area contributed by atoms with Gasteiger partial charge in [0.05, 0.1) is 13.2 Å². The summed E-state index contributed by atoms with van der Waals surface area (Å²) in [6.07, 6.45) is 2.53. The van der Waals surface area contributed by atoms with Crippen molar-refractivity contribution in [3.8, 4) is 0 Å². The molecule has 2 rings (SSSR count). The maximum atomic E-state index is 12.1. The van der Waals surface area contributed by atoms with Crippen LogP contribution in [0.1, 0.15) is 68.4 Å². The highest BCUT2D eigenvalue weighted by Gasteiger charge is 2.31. The molecule has 0 unspecified atom stereocenters. The number of carbonyl (C=O) groups is 3. The van der Waals surface area contributed by atoms with Gasteiger partial charge in [-0.25, -0.2) is 4.79 Å². The summed E-state index contributed by atoms with van der Waals surface area (Å²) in [4.78, 5) is 39.1. The van der Waals surface area contributed by atoms with Crippen molar-refractivity contribution < 1.29 is 28.4 Å². The summed E-state index contributed by atoms with van der Waals surface area (Å²) in [6, 6.07) is 0. The quantitative estimate of drug-likeness (QED) is 0.549. The molecular weight excluding hydrogens is 316 g/mol. The molecule has 0 aliphatic heterocycles. The Kier molecular flexibility index (Phi) is 6.45. The van der Waals surface area contributed by atoms with Crippen LogP contribution in [0.25, 0.3) is 0 Å². The maximum Gasteiger partial charge on any atom is 0.379 e. The zero-order chi connectivity index (χ0) is 17.5. The van der Waals surface area contributed by atoms with Crippen molar-refractivity contribution in [1.29, 1.82) is 0 Å². The van der Waals surface area contributed by atoms with Crippen LogP contribution in [-0.4, -0.2) is 41.1 Å². The van der Waals surface area contributed by atoms with E-state index in [4.69, 9.17) is 14.0 Å². The molecule has 132 valence electrons. The summed E-state index contributed by atoms with van der Waals surface area (Å²) in [5.74, 6) is -0.955. The lowest BCUT2D eigenvalue weighted by atomic mass is 9.79. The third-order valence-electron chi connectivity index (χ3n) is 4.06. The molecule has 1 aromatic heterocycles. The van der Waals surface area contributed by atoms with E-state index < -0.39 is 11.9 Å². The molecule has 1 aromatic rings. The molecule has 0 atom stereocenters. The molecule has 0 amide bonds. The van der Waals surface area contributed by atoms with E-state index in [1.54, 1.807) is 13.8 Å². The standard InChI is InChI=1S/C16H22N2O6/c1-3-22-13(20)9-12(19)10-5-7-11(8-6-10)15-17-14(18-24-15)16(21)23-4-2/h10-11H,3-9H2,1-2H3/t10-,11-. The van der Waals surface area contributed by atoms with Gasteiger partial charge in [-0.2, -0.15) is 4.98 Å². The van der Waals surface area contributed by atoms with Gasteiger partial charge in [0.15, 0.2) is 0 Å². The van der Waals surface area contributed by atoms with Crippen molar-refractivity contribution in [3.05, 3.63) is 11.7 Å². The first kappa shape index (κ1) is 18.1. The van der Waals surface area contributed by atoms with Gasteiger partial charge in [-0.15, -0.1) is 0 Å². The van der Waals surface area contributed by atoms with Crippen molar-refractivity contribution in [2.24, 2.45) is 5.92 Å². The highest BCUT2D eigenvalue weighted by Crippen LogP contribution is 2.35. The zero-order valence-electron chi connectivity index (χ0n) is 13.9. The van der Waals surface area contributed by atoms with E-state index in [2.05, 4.69) is 10.1 Å². The van der Waals surface area contributed by atoms with E-state index in [9.17, 15) is 14.4 Å². The van der Waals surface area contributed by atoms with Crippen LogP contribution >= 0.6 is 0 Å². The van der Waals surface area contributed by atoms with Gasteiger partial charge in [-0.1, -0.05) is 0 Å². The van der Waals surface area contributed by atoms with Gasteiger partial charge in [0, 0.05) is 11.8 Å². The topological polar surface area (TPSA) is 109 Å². The number of Topliss-reactive ketones (excluding diaryl/α,β-unsaturated/α-hetero) is 1. The van der Waals surface area contributed by atoms with Gasteiger partial charge in [-0.3, -0.25) is 9.59 Å². The summed E-state index contributed by atoms with van der Waals surface area (Å²) in [5, 5.41) is 3.64. The first-order valence-electron chi connectivity index (χ1n) is 8.24. The largest absolute Gasteiger partial charge is 0.466 e. The number of esters is 2. The van der Waals surface area contributed by atoms with Gasteiger partial charge in [0.1, 0.15) is 12.2 Å². The number of hydrogen-bond acceptors (Lipinski definition) is 8. The SMILES string of the molecule is CCOC(=O)CC(=O)[C@H]1CC[C@H](c2nc(C(=O)OCC)no2)CC1. The molecule has 0 aromatic carbocycles. The van der Waals surface area contributed by atoms with Gasteiger partial charge in [0.25, 0.3) is 5.82 Å². The highest BCUT2D eigenvalue weighted by atomic mass is 16.5. The van der Waals surface area contributed by atoms with Gasteiger partial charge in [0.2, 0.25) is 5.89 Å². The summed E-state index contributed by atoms with van der Waals surface area (Å²) >= 11 is 0. The first-order valence-corrected chi connectivity index (χ1v) is 8.24. The van der Waals surface area contributed by atoms with Crippen LogP contribution < -0.4 is 0 Å². The lowest BCUT2D eigenvalue weighted by Gasteiger charge is -2.25. The van der Waals surface area contributed by atoms with E-state index in [-0.39, 0.29) is 43.1 Å². The molecule has 24 heavy (non-hydrogen) atoms. The van der Waals surface area contributed by atoms with Gasteiger partial charge >= 0.3 is 11.9 Å². The van der Waals surface area contributed by atoms with Crippen molar-refractivity contribution >= 4 is 17.7 Å². The molecule has 0 bridgehead atoms. The molecule has 0 spiro atoms. The second kappa shape index (κ2) is 8.56. The van der Waals surface area contributed by atoms with Crippen molar-refractivity contribution in [2.45, 2.75) is 51.9 Å². The normalized spacial score (nSPS) is 20.4. The fourth-order valence-corrected chi connectivity index (χ4v) is 2.84. The van der Waals surface area contributed by atoms with E-state index in [1.165, 1.54) is 0 Å². The summed E-state index contributed by atoms with van der Waals surface area (Å²) < 4.78 is 14.8. The van der Waals surface area contributed by atoms with Crippen molar-refractivity contribution in [2.75, 3.05) is 13.2 Å². The molecule has 8 heteroatoms. The number of carbonyl (C=O) groups excluding carboxylic acids is 3. The molecule has 0 radical (unpaired) electrons. The van der Waals surface area contributed by atoms with E-state index >= 15 is 0 Å². The fraction of sp³-hybridized carbons (Fsp3) is 0.688. The third-order valence-corrected chi connectivity index (χ3v) is 4.06. The van der Waals surface area contributed by atoms with Gasteiger partial charge in [-0.05, 0) is 44.7 Å². The molecule has 1 heterocycles. The second-order valence-electron chi connectivity index (χ2n) is 5.67. The van der Waals surface area contributed by atoms with E-state index in [1.807, 2.05) is 0 Å². The number of hydrogen-bond donors (Lipinski definition) is 0. The minimum atomic E-state index is -0.606. The molecule has 0 N–H and O–H groups in total. The molecule has 1 aliphatic carbocycles. The van der Waals surface area contributed by atoms with Crippen LogP contribution in [0.2, 0.25) is 0 Å². The van der Waals surface area contributed by atoms with Gasteiger partial charge < -0.3 is 14.0 Å². The van der Waals surface area contributed by atoms with Crippen LogP contribution in [0, 0.1) is 5.92 Å². The van der Waals surface area contributed by atoms with Crippen LogP contribution in [0.4, 0.5) is 0 Å². The Morgan fingerprint density at radius 2 is 1.75 bits per heavy atom. The summed E-state index contributed by atoms with van der Waals surface area (Å²) in [6.45, 7) is 3.94. The third kappa shape index (κ3) is 4.62. The van der Waals surface area contributed by atoms with Crippen LogP contribution in [-0.2, 0) is 19.1 Å². The minimum Gasteiger partial charge on any atom is -0.466 e. The lowest BCUT2D eigenvalue weighted by Crippen LogP contribution is -2.24. The zero-order valence-corrected chi connectivity index (χ0v) is 13.9. The number of nitrogens with zero attached hydrogens (tertiary/aromatic N) is 2. The van der Waals surface area contributed by atoms with Crippen LogP contribution in [0.5, 0.6) is 0 Å². The van der Waals surface area contributed by atoms with Crippen LogP contribution in [0.15, 0.2) is 4.52 Å². The second-order valence-corrected chi connectivity index (χ2v) is 5.67. The monoisotopic (exact) mass is 338 g/mol. The number of aromatic nitrogens is 2. The molecule has 1 saturated carbocycles. The number of ether oxygens (including phenoxy) is 2. The Labute approximate surface area is 139 Å². The molecule has 1 aliphatic rings. The average molecular weight is 338 g/mol. The molecule has 8 nitrogen and oxygen atoms in total. The molecular formula is C16H22N2O6. The lowest BCUT2D eigenvalue weighted by molar-refractivity contribution is -0.146. The van der Waals surface area contributed by atoms with E-state index in [0.717, 1.165) is 0 Å². The number of rotatable bonds is 7. The minimum absolute atomic E-state index is 0.0207. The Hall–Kier alpha value is -2.25. The van der Waals surface area contributed by atoms with Crippen molar-refractivity contribution in [3.63, 3.8) is 0 Å². The molecule has 1 fully saturated rings. The Morgan fingerprint density at radius 3 is 2.38 bits per heavy atom. The van der Waals surface area contributed by atoms with Crippen LogP contribution in [0.3, 0.4) is 0 Å². The maximum absolute atomic E-state index is 12.1. The predicted octanol–water partition coefficient (Wildman–Crippen LogP) is 2.04. The summed E-state index contributed by atoms with van der Waals surface area (Å²) in [5.41, 5.74) is 0. The van der Waals surface area contributed by atoms with E-state index in [0.29, 0.717) is 31.6 Å².